The van der Waals surface area contributed by atoms with E-state index in [-0.39, 0.29) is 24.2 Å². The fourth-order valence-corrected chi connectivity index (χ4v) is 6.46. The molecule has 0 saturated carbocycles. The third-order valence-corrected chi connectivity index (χ3v) is 8.50. The van der Waals surface area contributed by atoms with Gasteiger partial charge < -0.3 is 20.1 Å². The Kier molecular flexibility index (Phi) is 8.95. The van der Waals surface area contributed by atoms with Crippen LogP contribution in [0.1, 0.15) is 45.1 Å². The van der Waals surface area contributed by atoms with Crippen molar-refractivity contribution in [3.63, 3.8) is 0 Å². The molecule has 0 radical (unpaired) electrons. The van der Waals surface area contributed by atoms with Gasteiger partial charge in [0.15, 0.2) is 11.5 Å². The number of aromatic hydroxyl groups is 1. The van der Waals surface area contributed by atoms with Crippen LogP contribution in [0.4, 0.5) is 5.69 Å². The molecule has 1 aliphatic carbocycles. The van der Waals surface area contributed by atoms with Gasteiger partial charge in [-0.15, -0.1) is 0 Å². The number of hydrogen-bond donors (Lipinski definition) is 3. The first-order valence-electron chi connectivity index (χ1n) is 12.9. The zero-order valence-corrected chi connectivity index (χ0v) is 24.0. The number of anilines is 1. The molecule has 1 aliphatic heterocycles. The molecule has 2 amide bonds. The number of carbonyl (C=O) groups excluding carboxylic acids is 2. The number of ether oxygens (including phenoxy) is 1. The number of aliphatic hydroxyl groups is 2. The van der Waals surface area contributed by atoms with E-state index in [1.54, 1.807) is 30.3 Å². The Morgan fingerprint density at radius 2 is 1.92 bits per heavy atom. The van der Waals surface area contributed by atoms with Crippen molar-refractivity contribution in [1.82, 2.24) is 0 Å². The van der Waals surface area contributed by atoms with Gasteiger partial charge in [0.2, 0.25) is 11.8 Å². The number of phenols is 1. The van der Waals surface area contributed by atoms with Gasteiger partial charge in [-0.1, -0.05) is 42.3 Å². The summed E-state index contributed by atoms with van der Waals surface area (Å²) in [4.78, 5) is 28.1. The van der Waals surface area contributed by atoms with Crippen LogP contribution in [0.15, 0.2) is 59.2 Å². The van der Waals surface area contributed by atoms with Gasteiger partial charge in [0.25, 0.3) is 0 Å². The molecular formula is C30H34INO6. The highest BCUT2D eigenvalue weighted by Crippen LogP contribution is 2.48. The maximum atomic E-state index is 13.5. The minimum Gasteiger partial charge on any atom is -0.504 e. The summed E-state index contributed by atoms with van der Waals surface area (Å²) in [6.45, 7) is 3.66. The number of amides is 2. The summed E-state index contributed by atoms with van der Waals surface area (Å²) in [5.74, 6) is -1.85. The Bertz CT molecular complexity index is 1270. The van der Waals surface area contributed by atoms with E-state index in [0.717, 1.165) is 16.7 Å². The number of phenolic OH excluding ortho intramolecular Hbond substituents is 1. The van der Waals surface area contributed by atoms with E-state index >= 15 is 0 Å². The zero-order chi connectivity index (χ0) is 27.6. The number of nitrogens with zero attached hydrogens (tertiary/aromatic N) is 1. The van der Waals surface area contributed by atoms with Crippen LogP contribution in [0, 0.1) is 21.3 Å². The molecule has 0 unspecified atom stereocenters. The predicted molar refractivity (Wildman–Crippen MR) is 155 cm³/mol. The Balaban J connectivity index is 1.55. The fraction of sp³-hybridized carbons (Fsp3) is 0.400. The monoisotopic (exact) mass is 631 g/mol. The molecule has 7 nitrogen and oxygen atoms in total. The van der Waals surface area contributed by atoms with E-state index in [4.69, 9.17) is 4.74 Å². The molecule has 4 atom stereocenters. The second-order valence-electron chi connectivity index (χ2n) is 9.98. The van der Waals surface area contributed by atoms with Gasteiger partial charge >= 0.3 is 0 Å². The van der Waals surface area contributed by atoms with Crippen molar-refractivity contribution in [2.24, 2.45) is 17.8 Å². The molecule has 1 fully saturated rings. The maximum Gasteiger partial charge on any atom is 0.238 e. The van der Waals surface area contributed by atoms with Crippen molar-refractivity contribution < 1.29 is 29.6 Å². The molecule has 1 heterocycles. The SMILES string of the molecule is CCC1=C([C@H](O)CC/C(C)=C/c2cc(I)c(O)c(OC)c2)[C@H](CO)[C@@H]2C(=O)N(c3ccccc3)C(=O)[C@@H]2C1. The number of benzene rings is 2. The van der Waals surface area contributed by atoms with Gasteiger partial charge in [-0.25, -0.2) is 0 Å². The molecule has 0 aromatic heterocycles. The predicted octanol–water partition coefficient (Wildman–Crippen LogP) is 5.07. The number of allylic oxidation sites excluding steroid dienone is 2. The lowest BCUT2D eigenvalue weighted by Gasteiger charge is -2.36. The third-order valence-electron chi connectivity index (χ3n) is 7.68. The van der Waals surface area contributed by atoms with Gasteiger partial charge in [0.05, 0.1) is 40.9 Å². The molecule has 8 heteroatoms. The van der Waals surface area contributed by atoms with E-state index in [2.05, 4.69) is 22.6 Å². The van der Waals surface area contributed by atoms with Gasteiger partial charge in [-0.2, -0.15) is 0 Å². The molecule has 0 bridgehead atoms. The standard InChI is InChI=1S/C30H34INO6/c1-4-19-15-21-27(30(37)32(29(21)36)20-8-6-5-7-9-20)22(16-33)26(19)24(34)11-10-17(2)12-18-13-23(31)28(35)25(14-18)38-3/h5-9,12-14,21-22,24,27,33-35H,4,10-11,15-16H2,1-3H3/b17-12+/t21-,22+,24-,27-/m1/s1. The van der Waals surface area contributed by atoms with Gasteiger partial charge in [-0.3, -0.25) is 14.5 Å². The van der Waals surface area contributed by atoms with E-state index in [1.807, 2.05) is 32.1 Å². The van der Waals surface area contributed by atoms with Crippen molar-refractivity contribution in [3.8, 4) is 11.5 Å². The van der Waals surface area contributed by atoms with Crippen molar-refractivity contribution in [1.29, 1.82) is 0 Å². The smallest absolute Gasteiger partial charge is 0.238 e. The first-order chi connectivity index (χ1) is 18.2. The summed E-state index contributed by atoms with van der Waals surface area (Å²) in [6, 6.07) is 12.5. The largest absolute Gasteiger partial charge is 0.504 e. The molecular weight excluding hydrogens is 597 g/mol. The molecule has 3 N–H and O–H groups in total. The quantitative estimate of drug-likeness (QED) is 0.203. The van der Waals surface area contributed by atoms with Crippen LogP contribution >= 0.6 is 22.6 Å². The topological polar surface area (TPSA) is 107 Å². The first kappa shape index (κ1) is 28.3. The van der Waals surface area contributed by atoms with Gasteiger partial charge in [0.1, 0.15) is 0 Å². The lowest BCUT2D eigenvalue weighted by atomic mass is 9.67. The third kappa shape index (κ3) is 5.39. The highest BCUT2D eigenvalue weighted by atomic mass is 127. The van der Waals surface area contributed by atoms with Crippen LogP contribution in [0.2, 0.25) is 0 Å². The molecule has 4 rings (SSSR count). The fourth-order valence-electron chi connectivity index (χ4n) is 5.84. The van der Waals surface area contributed by atoms with Gasteiger partial charge in [-0.05, 0) is 90.6 Å². The summed E-state index contributed by atoms with van der Waals surface area (Å²) in [7, 11) is 1.51. The first-order valence-corrected chi connectivity index (χ1v) is 14.0. The number of para-hydroxylation sites is 1. The Morgan fingerprint density at radius 3 is 2.55 bits per heavy atom. The van der Waals surface area contributed by atoms with E-state index in [9.17, 15) is 24.9 Å². The summed E-state index contributed by atoms with van der Waals surface area (Å²) in [5.41, 5.74) is 4.11. The van der Waals surface area contributed by atoms with Crippen LogP contribution in [0.5, 0.6) is 11.5 Å². The lowest BCUT2D eigenvalue weighted by Crippen LogP contribution is -2.39. The van der Waals surface area contributed by atoms with Crippen LogP contribution in [-0.4, -0.2) is 47.0 Å². The summed E-state index contributed by atoms with van der Waals surface area (Å²) >= 11 is 2.06. The van der Waals surface area contributed by atoms with Crippen LogP contribution in [0.3, 0.4) is 0 Å². The van der Waals surface area contributed by atoms with Crippen LogP contribution < -0.4 is 9.64 Å². The van der Waals surface area contributed by atoms with Crippen molar-refractivity contribution in [2.75, 3.05) is 18.6 Å². The number of fused-ring (bicyclic) bond motifs is 1. The summed E-state index contributed by atoms with van der Waals surface area (Å²) < 4.78 is 5.93. The highest BCUT2D eigenvalue weighted by molar-refractivity contribution is 14.1. The minimum absolute atomic E-state index is 0.105. The van der Waals surface area contributed by atoms with Crippen molar-refractivity contribution >= 4 is 46.2 Å². The van der Waals surface area contributed by atoms with Crippen LogP contribution in [-0.2, 0) is 9.59 Å². The average Bonchev–Trinajstić information content (AvgIpc) is 3.17. The Morgan fingerprint density at radius 1 is 1.21 bits per heavy atom. The summed E-state index contributed by atoms with van der Waals surface area (Å²) in [5, 5.41) is 31.9. The molecule has 2 aliphatic rings. The molecule has 0 spiro atoms. The average molecular weight is 632 g/mol. The maximum absolute atomic E-state index is 13.5. The molecule has 202 valence electrons. The number of halogens is 1. The lowest BCUT2D eigenvalue weighted by molar-refractivity contribution is -0.123. The van der Waals surface area contributed by atoms with Crippen LogP contribution in [0.25, 0.3) is 6.08 Å². The Hall–Kier alpha value is -2.69. The Labute approximate surface area is 237 Å². The van der Waals surface area contributed by atoms with E-state index in [1.165, 1.54) is 12.0 Å². The second kappa shape index (κ2) is 12.0. The minimum atomic E-state index is -0.838. The van der Waals surface area contributed by atoms with E-state index < -0.39 is 23.9 Å². The molecule has 2 aromatic carbocycles. The summed E-state index contributed by atoms with van der Waals surface area (Å²) in [6.07, 6.45) is 3.22. The number of rotatable bonds is 9. The number of hydrogen-bond acceptors (Lipinski definition) is 6. The van der Waals surface area contributed by atoms with E-state index in [0.29, 0.717) is 46.3 Å². The number of methoxy groups -OCH3 is 1. The van der Waals surface area contributed by atoms with Crippen molar-refractivity contribution in [3.05, 3.63) is 68.3 Å². The molecule has 1 saturated heterocycles. The second-order valence-corrected chi connectivity index (χ2v) is 11.1. The van der Waals surface area contributed by atoms with Gasteiger partial charge in [0, 0.05) is 5.92 Å². The number of imide groups is 1. The number of aliphatic hydroxyl groups excluding tert-OH is 2. The normalized spacial score (nSPS) is 22.6. The number of carbonyl (C=O) groups is 2. The molecule has 2 aromatic rings. The zero-order valence-electron chi connectivity index (χ0n) is 21.9. The molecule has 38 heavy (non-hydrogen) atoms. The highest BCUT2D eigenvalue weighted by Gasteiger charge is 2.55. The van der Waals surface area contributed by atoms with Crippen molar-refractivity contribution in [2.45, 2.75) is 45.6 Å².